The second-order valence-corrected chi connectivity index (χ2v) is 4.52. The number of hydrogen-bond donors (Lipinski definition) is 1. The minimum Gasteiger partial charge on any atom is -0.364 e. The number of aliphatic hydroxyl groups excluding tert-OH is 1. The maximum absolute atomic E-state index is 13.6. The number of hydrogen-bond acceptors (Lipinski definition) is 3. The summed E-state index contributed by atoms with van der Waals surface area (Å²) in [5, 5.41) is 9.72. The maximum Gasteiger partial charge on any atom is 0.209 e. The van der Waals surface area contributed by atoms with E-state index in [0.29, 0.717) is 5.56 Å². The van der Waals surface area contributed by atoms with E-state index >= 15 is 0 Å². The molecule has 1 aromatic carbocycles. The van der Waals surface area contributed by atoms with Crippen molar-refractivity contribution < 1.29 is 19.3 Å². The molecule has 16 heavy (non-hydrogen) atoms. The lowest BCUT2D eigenvalue weighted by Crippen LogP contribution is -2.41. The van der Waals surface area contributed by atoms with Gasteiger partial charge < -0.3 is 9.99 Å². The lowest BCUT2D eigenvalue weighted by Gasteiger charge is -2.36. The molecule has 1 aromatic rings. The molecule has 0 bridgehead atoms. The van der Waals surface area contributed by atoms with Crippen LogP contribution in [0.2, 0.25) is 0 Å². The van der Waals surface area contributed by atoms with Gasteiger partial charge in [0, 0.05) is 11.0 Å². The monoisotopic (exact) mass is 226 g/mol. The predicted octanol–water partition coefficient (Wildman–Crippen LogP) is 2.31. The van der Waals surface area contributed by atoms with Gasteiger partial charge in [0.2, 0.25) is 12.0 Å². The van der Waals surface area contributed by atoms with Crippen LogP contribution in [0.25, 0.3) is 0 Å². The SMILES string of the molecule is CCc1ccc(F)c2c1C(C)(C)C(O)OO2. The second kappa shape index (κ2) is 3.71. The molecule has 3 nitrogen and oxygen atoms in total. The Morgan fingerprint density at radius 2 is 2.12 bits per heavy atom. The van der Waals surface area contributed by atoms with E-state index in [2.05, 4.69) is 0 Å². The maximum atomic E-state index is 13.6. The normalized spacial score (nSPS) is 22.4. The molecule has 0 radical (unpaired) electrons. The summed E-state index contributed by atoms with van der Waals surface area (Å²) in [4.78, 5) is 9.54. The first-order valence-electron chi connectivity index (χ1n) is 5.31. The summed E-state index contributed by atoms with van der Waals surface area (Å²) in [5.41, 5.74) is 0.971. The van der Waals surface area contributed by atoms with Crippen molar-refractivity contribution in [2.24, 2.45) is 0 Å². The van der Waals surface area contributed by atoms with Crippen LogP contribution in [-0.2, 0) is 16.7 Å². The Kier molecular flexibility index (Phi) is 2.64. The van der Waals surface area contributed by atoms with Crippen LogP contribution in [0.1, 0.15) is 31.9 Å². The molecule has 0 aromatic heterocycles. The Bertz CT molecular complexity index is 415. The third kappa shape index (κ3) is 1.49. The summed E-state index contributed by atoms with van der Waals surface area (Å²) in [6.07, 6.45) is -0.339. The highest BCUT2D eigenvalue weighted by Crippen LogP contribution is 2.42. The largest absolute Gasteiger partial charge is 0.364 e. The van der Waals surface area contributed by atoms with E-state index in [-0.39, 0.29) is 5.75 Å². The van der Waals surface area contributed by atoms with E-state index in [1.54, 1.807) is 19.9 Å². The zero-order valence-electron chi connectivity index (χ0n) is 9.58. The summed E-state index contributed by atoms with van der Waals surface area (Å²) in [6.45, 7) is 5.58. The van der Waals surface area contributed by atoms with E-state index in [1.807, 2.05) is 6.92 Å². The molecule has 1 aliphatic heterocycles. The van der Waals surface area contributed by atoms with Crippen molar-refractivity contribution in [3.63, 3.8) is 0 Å². The fraction of sp³-hybridized carbons (Fsp3) is 0.500. The molecule has 4 heteroatoms. The third-order valence-corrected chi connectivity index (χ3v) is 3.06. The van der Waals surface area contributed by atoms with Crippen molar-refractivity contribution in [1.29, 1.82) is 0 Å². The molecule has 0 amide bonds. The molecular formula is C12H15FO3. The third-order valence-electron chi connectivity index (χ3n) is 3.06. The van der Waals surface area contributed by atoms with Crippen LogP contribution in [0.3, 0.4) is 0 Å². The van der Waals surface area contributed by atoms with Crippen molar-refractivity contribution in [2.75, 3.05) is 0 Å². The molecule has 88 valence electrons. The summed E-state index contributed by atoms with van der Waals surface area (Å²) in [5.74, 6) is -0.373. The molecule has 1 heterocycles. The molecule has 0 saturated heterocycles. The molecule has 0 aliphatic carbocycles. The van der Waals surface area contributed by atoms with Crippen LogP contribution in [0.15, 0.2) is 12.1 Å². The number of fused-ring (bicyclic) bond motifs is 1. The minimum atomic E-state index is -1.09. The van der Waals surface area contributed by atoms with Gasteiger partial charge in [-0.05, 0) is 18.1 Å². The second-order valence-electron chi connectivity index (χ2n) is 4.52. The van der Waals surface area contributed by atoms with Gasteiger partial charge in [-0.25, -0.2) is 4.39 Å². The Morgan fingerprint density at radius 1 is 1.44 bits per heavy atom. The fourth-order valence-electron chi connectivity index (χ4n) is 2.02. The van der Waals surface area contributed by atoms with Gasteiger partial charge in [0.25, 0.3) is 0 Å². The average molecular weight is 226 g/mol. The number of benzene rings is 1. The number of rotatable bonds is 1. The van der Waals surface area contributed by atoms with Gasteiger partial charge in [-0.2, -0.15) is 4.89 Å². The molecule has 0 saturated carbocycles. The van der Waals surface area contributed by atoms with Gasteiger partial charge in [0.15, 0.2) is 5.82 Å². The highest BCUT2D eigenvalue weighted by atomic mass is 19.1. The Labute approximate surface area is 93.7 Å². The summed E-state index contributed by atoms with van der Waals surface area (Å²) < 4.78 is 13.6. The topological polar surface area (TPSA) is 38.7 Å². The first-order valence-corrected chi connectivity index (χ1v) is 5.31. The van der Waals surface area contributed by atoms with Crippen molar-refractivity contribution in [1.82, 2.24) is 0 Å². The van der Waals surface area contributed by atoms with E-state index in [9.17, 15) is 9.50 Å². The summed E-state index contributed by atoms with van der Waals surface area (Å²) in [6, 6.07) is 3.08. The zero-order valence-corrected chi connectivity index (χ0v) is 9.58. The predicted molar refractivity (Wildman–Crippen MR) is 56.5 cm³/mol. The quantitative estimate of drug-likeness (QED) is 0.747. The Hall–Kier alpha value is -1.13. The number of aliphatic hydroxyl groups is 1. The van der Waals surface area contributed by atoms with Crippen LogP contribution in [0.4, 0.5) is 4.39 Å². The van der Waals surface area contributed by atoms with Crippen molar-refractivity contribution in [3.8, 4) is 5.75 Å². The first kappa shape index (κ1) is 11.4. The molecular weight excluding hydrogens is 211 g/mol. The van der Waals surface area contributed by atoms with Crippen LogP contribution in [0, 0.1) is 5.82 Å². The number of aryl methyl sites for hydroxylation is 1. The molecule has 0 spiro atoms. The lowest BCUT2D eigenvalue weighted by atomic mass is 9.79. The molecule has 1 atom stereocenters. The van der Waals surface area contributed by atoms with E-state index in [4.69, 9.17) is 9.78 Å². The van der Waals surface area contributed by atoms with Gasteiger partial charge in [-0.15, -0.1) is 0 Å². The standard InChI is InChI=1S/C12H15FO3/c1-4-7-5-6-8(13)10-9(7)12(2,3)11(14)16-15-10/h5-6,11,14H,4H2,1-3H3. The van der Waals surface area contributed by atoms with Crippen LogP contribution >= 0.6 is 0 Å². The van der Waals surface area contributed by atoms with Gasteiger partial charge >= 0.3 is 0 Å². The highest BCUT2D eigenvalue weighted by Gasteiger charge is 2.41. The molecule has 2 rings (SSSR count). The van der Waals surface area contributed by atoms with E-state index in [1.165, 1.54) is 6.07 Å². The van der Waals surface area contributed by atoms with Crippen LogP contribution in [-0.4, -0.2) is 11.4 Å². The molecule has 1 unspecified atom stereocenters. The van der Waals surface area contributed by atoms with Crippen molar-refractivity contribution in [2.45, 2.75) is 38.9 Å². The summed E-state index contributed by atoms with van der Waals surface area (Å²) >= 11 is 0. The van der Waals surface area contributed by atoms with E-state index in [0.717, 1.165) is 12.0 Å². The van der Waals surface area contributed by atoms with Gasteiger partial charge in [-0.3, -0.25) is 0 Å². The molecule has 0 fully saturated rings. The number of halogens is 1. The lowest BCUT2D eigenvalue weighted by molar-refractivity contribution is -0.336. The minimum absolute atomic E-state index is 0.0923. The van der Waals surface area contributed by atoms with Gasteiger partial charge in [-0.1, -0.05) is 26.8 Å². The van der Waals surface area contributed by atoms with Crippen molar-refractivity contribution in [3.05, 3.63) is 29.1 Å². The Balaban J connectivity index is 2.67. The molecule has 1 N–H and O–H groups in total. The summed E-state index contributed by atoms with van der Waals surface area (Å²) in [7, 11) is 0. The highest BCUT2D eigenvalue weighted by molar-refractivity contribution is 5.47. The average Bonchev–Trinajstić information content (AvgIpc) is 2.24. The first-order chi connectivity index (χ1) is 7.48. The van der Waals surface area contributed by atoms with Crippen molar-refractivity contribution >= 4 is 0 Å². The van der Waals surface area contributed by atoms with Crippen LogP contribution in [0.5, 0.6) is 5.75 Å². The Morgan fingerprint density at radius 3 is 2.75 bits per heavy atom. The van der Waals surface area contributed by atoms with E-state index < -0.39 is 17.5 Å². The van der Waals surface area contributed by atoms with Crippen LogP contribution < -0.4 is 4.89 Å². The van der Waals surface area contributed by atoms with Gasteiger partial charge in [0.05, 0.1) is 0 Å². The smallest absolute Gasteiger partial charge is 0.209 e. The zero-order chi connectivity index (χ0) is 11.9. The van der Waals surface area contributed by atoms with Gasteiger partial charge in [0.1, 0.15) is 0 Å². The fourth-order valence-corrected chi connectivity index (χ4v) is 2.02. The molecule has 1 aliphatic rings.